The SMILES string of the molecule is Cc1cc(OCCO)c(N)cc1N.Cl.Cl. The van der Waals surface area contributed by atoms with Crippen LogP contribution in [0.5, 0.6) is 5.75 Å². The van der Waals surface area contributed by atoms with Crippen molar-refractivity contribution in [3.8, 4) is 5.75 Å². The molecule has 1 aromatic carbocycles. The average molecular weight is 255 g/mol. The summed E-state index contributed by atoms with van der Waals surface area (Å²) in [7, 11) is 0. The maximum absolute atomic E-state index is 8.55. The highest BCUT2D eigenvalue weighted by Crippen LogP contribution is 2.26. The predicted molar refractivity (Wildman–Crippen MR) is 67.1 cm³/mol. The first-order valence-electron chi connectivity index (χ1n) is 4.04. The third-order valence-corrected chi connectivity index (χ3v) is 1.75. The van der Waals surface area contributed by atoms with E-state index in [0.29, 0.717) is 17.1 Å². The van der Waals surface area contributed by atoms with Crippen LogP contribution in [0, 0.1) is 6.92 Å². The fourth-order valence-electron chi connectivity index (χ4n) is 0.996. The lowest BCUT2D eigenvalue weighted by Gasteiger charge is -2.09. The molecular formula is C9H16Cl2N2O2. The molecule has 0 saturated heterocycles. The number of ether oxygens (including phenoxy) is 1. The van der Waals surface area contributed by atoms with Gasteiger partial charge < -0.3 is 21.3 Å². The van der Waals surface area contributed by atoms with Crippen molar-refractivity contribution in [3.05, 3.63) is 17.7 Å². The van der Waals surface area contributed by atoms with Crippen molar-refractivity contribution in [2.75, 3.05) is 24.7 Å². The van der Waals surface area contributed by atoms with Gasteiger partial charge in [-0.25, -0.2) is 0 Å². The Labute approximate surface area is 101 Å². The molecule has 6 heteroatoms. The largest absolute Gasteiger partial charge is 0.489 e. The van der Waals surface area contributed by atoms with Crippen molar-refractivity contribution in [2.24, 2.45) is 0 Å². The third kappa shape index (κ3) is 4.46. The number of halogens is 2. The van der Waals surface area contributed by atoms with E-state index in [-0.39, 0.29) is 38.0 Å². The molecule has 1 aromatic rings. The molecule has 0 spiro atoms. The molecule has 0 heterocycles. The molecule has 0 unspecified atom stereocenters. The van der Waals surface area contributed by atoms with Crippen LogP contribution in [-0.4, -0.2) is 18.3 Å². The number of nitrogens with two attached hydrogens (primary N) is 2. The van der Waals surface area contributed by atoms with E-state index in [2.05, 4.69) is 0 Å². The number of benzene rings is 1. The van der Waals surface area contributed by atoms with Crippen LogP contribution in [0.25, 0.3) is 0 Å². The van der Waals surface area contributed by atoms with Crippen molar-refractivity contribution in [1.29, 1.82) is 0 Å². The van der Waals surface area contributed by atoms with Gasteiger partial charge in [0.15, 0.2) is 0 Å². The first-order chi connectivity index (χ1) is 6.15. The molecule has 5 N–H and O–H groups in total. The van der Waals surface area contributed by atoms with Gasteiger partial charge in [-0.05, 0) is 24.6 Å². The van der Waals surface area contributed by atoms with E-state index in [1.807, 2.05) is 6.92 Å². The minimum Gasteiger partial charge on any atom is -0.489 e. The van der Waals surface area contributed by atoms with Crippen LogP contribution in [0.2, 0.25) is 0 Å². The fraction of sp³-hybridized carbons (Fsp3) is 0.333. The predicted octanol–water partition coefficient (Wildman–Crippen LogP) is 1.37. The third-order valence-electron chi connectivity index (χ3n) is 1.75. The molecule has 15 heavy (non-hydrogen) atoms. The van der Waals surface area contributed by atoms with Crippen molar-refractivity contribution in [2.45, 2.75) is 6.92 Å². The molecule has 0 radical (unpaired) electrons. The van der Waals surface area contributed by atoms with Crippen LogP contribution < -0.4 is 16.2 Å². The topological polar surface area (TPSA) is 81.5 Å². The van der Waals surface area contributed by atoms with E-state index in [1.165, 1.54) is 0 Å². The molecule has 0 saturated carbocycles. The van der Waals surface area contributed by atoms with Crippen molar-refractivity contribution in [3.63, 3.8) is 0 Å². The van der Waals surface area contributed by atoms with Crippen LogP contribution in [0.4, 0.5) is 11.4 Å². The van der Waals surface area contributed by atoms with Gasteiger partial charge in [-0.3, -0.25) is 0 Å². The summed E-state index contributed by atoms with van der Waals surface area (Å²) in [5.74, 6) is 0.570. The Morgan fingerprint density at radius 2 is 1.80 bits per heavy atom. The standard InChI is InChI=1S/C9H14N2O2.2ClH/c1-6-4-9(13-3-2-12)8(11)5-7(6)10;;/h4-5,12H,2-3,10-11H2,1H3;2*1H. The quantitative estimate of drug-likeness (QED) is 0.712. The monoisotopic (exact) mass is 254 g/mol. The van der Waals surface area contributed by atoms with Gasteiger partial charge in [0.1, 0.15) is 12.4 Å². The van der Waals surface area contributed by atoms with Gasteiger partial charge >= 0.3 is 0 Å². The number of aryl methyl sites for hydroxylation is 1. The number of aliphatic hydroxyl groups is 1. The summed E-state index contributed by atoms with van der Waals surface area (Å²) in [5, 5.41) is 8.55. The summed E-state index contributed by atoms with van der Waals surface area (Å²) in [6.07, 6.45) is 0. The van der Waals surface area contributed by atoms with E-state index in [0.717, 1.165) is 5.56 Å². The van der Waals surface area contributed by atoms with Crippen LogP contribution in [-0.2, 0) is 0 Å². The van der Waals surface area contributed by atoms with Crippen LogP contribution in [0.1, 0.15) is 5.56 Å². The van der Waals surface area contributed by atoms with E-state index in [9.17, 15) is 0 Å². The lowest BCUT2D eigenvalue weighted by molar-refractivity contribution is 0.202. The molecule has 0 aliphatic carbocycles. The lowest BCUT2D eigenvalue weighted by Crippen LogP contribution is -2.05. The van der Waals surface area contributed by atoms with Gasteiger partial charge in [-0.15, -0.1) is 24.8 Å². The zero-order chi connectivity index (χ0) is 9.84. The second-order valence-electron chi connectivity index (χ2n) is 2.82. The minimum absolute atomic E-state index is 0. The molecule has 1 rings (SSSR count). The Morgan fingerprint density at radius 3 is 2.33 bits per heavy atom. The Hall–Kier alpha value is -0.840. The number of nitrogen functional groups attached to an aromatic ring is 2. The molecule has 0 atom stereocenters. The summed E-state index contributed by atoms with van der Waals surface area (Å²) >= 11 is 0. The van der Waals surface area contributed by atoms with Gasteiger partial charge in [0.2, 0.25) is 0 Å². The fourth-order valence-corrected chi connectivity index (χ4v) is 0.996. The van der Waals surface area contributed by atoms with Gasteiger partial charge in [-0.2, -0.15) is 0 Å². The maximum Gasteiger partial charge on any atom is 0.142 e. The molecule has 0 aliphatic rings. The Morgan fingerprint density at radius 1 is 1.20 bits per heavy atom. The summed E-state index contributed by atoms with van der Waals surface area (Å²) in [5.41, 5.74) is 13.3. The summed E-state index contributed by atoms with van der Waals surface area (Å²) in [4.78, 5) is 0. The van der Waals surface area contributed by atoms with Crippen molar-refractivity contribution in [1.82, 2.24) is 0 Å². The molecule has 0 fully saturated rings. The number of anilines is 2. The second-order valence-corrected chi connectivity index (χ2v) is 2.82. The highest BCUT2D eigenvalue weighted by molar-refractivity contribution is 5.85. The molecule has 0 bridgehead atoms. The minimum atomic E-state index is -0.0249. The van der Waals surface area contributed by atoms with E-state index < -0.39 is 0 Å². The van der Waals surface area contributed by atoms with Gasteiger partial charge in [-0.1, -0.05) is 0 Å². The highest BCUT2D eigenvalue weighted by Gasteiger charge is 2.03. The molecule has 4 nitrogen and oxygen atoms in total. The van der Waals surface area contributed by atoms with Gasteiger partial charge in [0, 0.05) is 5.69 Å². The van der Waals surface area contributed by atoms with Gasteiger partial charge in [0.05, 0.1) is 12.3 Å². The van der Waals surface area contributed by atoms with E-state index in [1.54, 1.807) is 12.1 Å². The highest BCUT2D eigenvalue weighted by atomic mass is 35.5. The molecule has 88 valence electrons. The number of aliphatic hydroxyl groups excluding tert-OH is 1. The Balaban J connectivity index is 0. The zero-order valence-corrected chi connectivity index (χ0v) is 10.0. The maximum atomic E-state index is 8.55. The lowest BCUT2D eigenvalue weighted by atomic mass is 10.2. The first kappa shape index (κ1) is 16.6. The Kier molecular flexibility index (Phi) is 8.24. The number of hydrogen-bond donors (Lipinski definition) is 3. The zero-order valence-electron chi connectivity index (χ0n) is 8.40. The van der Waals surface area contributed by atoms with Crippen LogP contribution >= 0.6 is 24.8 Å². The molecule has 0 amide bonds. The normalized spacial score (nSPS) is 8.67. The Bertz CT molecular complexity index is 308. The average Bonchev–Trinajstić information content (AvgIpc) is 2.09. The molecule has 0 aliphatic heterocycles. The van der Waals surface area contributed by atoms with Crippen LogP contribution in [0.15, 0.2) is 12.1 Å². The summed E-state index contributed by atoms with van der Waals surface area (Å²) in [6.45, 7) is 2.09. The summed E-state index contributed by atoms with van der Waals surface area (Å²) < 4.78 is 5.19. The first-order valence-corrected chi connectivity index (χ1v) is 4.04. The molecule has 0 aromatic heterocycles. The van der Waals surface area contributed by atoms with Crippen molar-refractivity contribution < 1.29 is 9.84 Å². The number of rotatable bonds is 3. The van der Waals surface area contributed by atoms with E-state index in [4.69, 9.17) is 21.3 Å². The number of hydrogen-bond acceptors (Lipinski definition) is 4. The smallest absolute Gasteiger partial charge is 0.142 e. The van der Waals surface area contributed by atoms with Gasteiger partial charge in [0.25, 0.3) is 0 Å². The second kappa shape index (κ2) is 7.45. The van der Waals surface area contributed by atoms with Crippen molar-refractivity contribution >= 4 is 36.2 Å². The van der Waals surface area contributed by atoms with Crippen LogP contribution in [0.3, 0.4) is 0 Å². The summed E-state index contributed by atoms with van der Waals surface area (Å²) in [6, 6.07) is 3.42. The van der Waals surface area contributed by atoms with E-state index >= 15 is 0 Å². The molecular weight excluding hydrogens is 239 g/mol.